The number of pyridine rings is 1. The maximum Gasteiger partial charge on any atom is 0.278 e. The van der Waals surface area contributed by atoms with Crippen LogP contribution in [0.5, 0.6) is 0 Å². The van der Waals surface area contributed by atoms with E-state index in [1.54, 1.807) is 19.9 Å². The number of H-pyrrole nitrogens is 1. The number of amides is 2. The molecule has 2 atom stereocenters. The van der Waals surface area contributed by atoms with Crippen LogP contribution in [0.2, 0.25) is 0 Å². The fourth-order valence-electron chi connectivity index (χ4n) is 3.63. The molecule has 9 heteroatoms. The molecule has 0 aromatic carbocycles. The minimum Gasteiger partial charge on any atom is -0.364 e. The molecular weight excluding hydrogens is 408 g/mol. The Kier molecular flexibility index (Phi) is 7.27. The van der Waals surface area contributed by atoms with E-state index >= 15 is 0 Å². The average molecular weight is 442 g/mol. The van der Waals surface area contributed by atoms with E-state index in [1.807, 2.05) is 36.9 Å². The molecule has 2 aromatic rings. The number of rotatable bonds is 7. The predicted octanol–water partition coefficient (Wildman–Crippen LogP) is 2.69. The number of carbonyl (C=O) groups is 2. The number of aromatic amines is 1. The van der Waals surface area contributed by atoms with Crippen molar-refractivity contribution in [3.05, 3.63) is 40.4 Å². The van der Waals surface area contributed by atoms with Crippen LogP contribution < -0.4 is 25.7 Å². The Morgan fingerprint density at radius 3 is 2.72 bits per heavy atom. The van der Waals surface area contributed by atoms with Gasteiger partial charge in [0, 0.05) is 24.4 Å². The lowest BCUT2D eigenvalue weighted by molar-refractivity contribution is -0.697. The number of aryl methyl sites for hydroxylation is 1. The molecule has 1 aliphatic heterocycles. The van der Waals surface area contributed by atoms with Gasteiger partial charge in [0.25, 0.3) is 11.5 Å². The monoisotopic (exact) mass is 441 g/mol. The lowest BCUT2D eigenvalue weighted by Crippen LogP contribution is -2.53. The molecule has 3 heterocycles. The molecular formula is C23H33N6O3+. The summed E-state index contributed by atoms with van der Waals surface area (Å²) < 4.78 is 2.01. The van der Waals surface area contributed by atoms with E-state index < -0.39 is 5.56 Å². The second kappa shape index (κ2) is 9.93. The van der Waals surface area contributed by atoms with Crippen molar-refractivity contribution < 1.29 is 14.2 Å². The Labute approximate surface area is 188 Å². The van der Waals surface area contributed by atoms with Gasteiger partial charge in [-0.1, -0.05) is 27.2 Å². The number of hydrogen-bond donors (Lipinski definition) is 3. The van der Waals surface area contributed by atoms with Crippen molar-refractivity contribution >= 4 is 29.3 Å². The third-order valence-electron chi connectivity index (χ3n) is 5.74. The fraction of sp³-hybridized carbons (Fsp3) is 0.522. The first-order valence-corrected chi connectivity index (χ1v) is 11.3. The number of carbonyl (C=O) groups excluding carboxylic acids is 2. The molecule has 0 radical (unpaired) electrons. The molecule has 0 unspecified atom stereocenters. The summed E-state index contributed by atoms with van der Waals surface area (Å²) in [5, 5.41) is 5.81. The molecule has 9 nitrogen and oxygen atoms in total. The van der Waals surface area contributed by atoms with Gasteiger partial charge in [0.1, 0.15) is 12.1 Å². The Morgan fingerprint density at radius 2 is 2.03 bits per heavy atom. The van der Waals surface area contributed by atoms with E-state index in [9.17, 15) is 14.4 Å². The normalized spacial score (nSPS) is 17.6. The zero-order chi connectivity index (χ0) is 23.4. The number of hydrogen-bond acceptors (Lipinski definition) is 5. The van der Waals surface area contributed by atoms with E-state index in [-0.39, 0.29) is 47.3 Å². The largest absolute Gasteiger partial charge is 0.364 e. The SMILES string of the molecule is CCCCC[n+]1cccc(C(=O)N2c3c(nc(NC(=O)C(C)C)[nH]c3=O)N[C@H](C)[C@@H]2C)c1. The highest BCUT2D eigenvalue weighted by Crippen LogP contribution is 2.31. The van der Waals surface area contributed by atoms with Crippen molar-refractivity contribution in [3.63, 3.8) is 0 Å². The maximum atomic E-state index is 13.5. The smallest absolute Gasteiger partial charge is 0.278 e. The molecule has 0 spiro atoms. The highest BCUT2D eigenvalue weighted by atomic mass is 16.2. The van der Waals surface area contributed by atoms with Gasteiger partial charge in [0.2, 0.25) is 11.9 Å². The Hall–Kier alpha value is -3.23. The van der Waals surface area contributed by atoms with Crippen LogP contribution in [0.15, 0.2) is 29.3 Å². The first-order valence-electron chi connectivity index (χ1n) is 11.3. The summed E-state index contributed by atoms with van der Waals surface area (Å²) in [6, 6.07) is 3.19. The fourth-order valence-corrected chi connectivity index (χ4v) is 3.63. The van der Waals surface area contributed by atoms with Gasteiger partial charge in [0.05, 0.1) is 6.04 Å². The first kappa shape index (κ1) is 23.4. The highest BCUT2D eigenvalue weighted by molar-refractivity contribution is 6.08. The van der Waals surface area contributed by atoms with Gasteiger partial charge in [-0.2, -0.15) is 4.98 Å². The Balaban J connectivity index is 1.96. The number of anilines is 3. The third kappa shape index (κ3) is 4.98. The lowest BCUT2D eigenvalue weighted by atomic mass is 10.0. The summed E-state index contributed by atoms with van der Waals surface area (Å²) in [7, 11) is 0. The molecule has 0 aliphatic carbocycles. The Bertz CT molecular complexity index is 1050. The van der Waals surface area contributed by atoms with Crippen molar-refractivity contribution in [1.29, 1.82) is 0 Å². The van der Waals surface area contributed by atoms with E-state index in [4.69, 9.17) is 0 Å². The summed E-state index contributed by atoms with van der Waals surface area (Å²) >= 11 is 0. The average Bonchev–Trinajstić information content (AvgIpc) is 2.75. The van der Waals surface area contributed by atoms with Crippen molar-refractivity contribution in [3.8, 4) is 0 Å². The van der Waals surface area contributed by atoms with Gasteiger partial charge in [-0.3, -0.25) is 29.6 Å². The zero-order valence-electron chi connectivity index (χ0n) is 19.4. The van der Waals surface area contributed by atoms with Gasteiger partial charge in [-0.25, -0.2) is 4.57 Å². The van der Waals surface area contributed by atoms with E-state index in [0.717, 1.165) is 25.8 Å². The summed E-state index contributed by atoms with van der Waals surface area (Å²) in [5.41, 5.74) is 0.178. The molecule has 2 amide bonds. The van der Waals surface area contributed by atoms with Gasteiger partial charge < -0.3 is 5.32 Å². The number of nitrogens with zero attached hydrogens (tertiary/aromatic N) is 3. The number of aromatic nitrogens is 3. The van der Waals surface area contributed by atoms with Crippen molar-refractivity contribution in [2.45, 2.75) is 72.5 Å². The van der Waals surface area contributed by atoms with Crippen molar-refractivity contribution in [2.24, 2.45) is 5.92 Å². The summed E-state index contributed by atoms with van der Waals surface area (Å²) in [6.07, 6.45) is 7.07. The summed E-state index contributed by atoms with van der Waals surface area (Å²) in [6.45, 7) is 10.3. The van der Waals surface area contributed by atoms with Crippen molar-refractivity contribution in [1.82, 2.24) is 9.97 Å². The summed E-state index contributed by atoms with van der Waals surface area (Å²) in [4.78, 5) is 47.0. The lowest BCUT2D eigenvalue weighted by Gasteiger charge is -2.38. The van der Waals surface area contributed by atoms with Crippen LogP contribution in [0.3, 0.4) is 0 Å². The number of nitrogens with one attached hydrogen (secondary N) is 3. The molecule has 172 valence electrons. The van der Waals surface area contributed by atoms with Crippen LogP contribution in [0.25, 0.3) is 0 Å². The van der Waals surface area contributed by atoms with E-state index in [0.29, 0.717) is 5.56 Å². The maximum absolute atomic E-state index is 13.5. The van der Waals surface area contributed by atoms with Gasteiger partial charge in [-0.05, 0) is 26.3 Å². The van der Waals surface area contributed by atoms with Gasteiger partial charge in [-0.15, -0.1) is 0 Å². The molecule has 0 fully saturated rings. The molecule has 0 bridgehead atoms. The molecule has 32 heavy (non-hydrogen) atoms. The van der Waals surface area contributed by atoms with Crippen molar-refractivity contribution in [2.75, 3.05) is 15.5 Å². The Morgan fingerprint density at radius 1 is 1.28 bits per heavy atom. The molecule has 0 saturated carbocycles. The van der Waals surface area contributed by atoms with Crippen LogP contribution in [-0.4, -0.2) is 33.9 Å². The van der Waals surface area contributed by atoms with E-state index in [2.05, 4.69) is 27.5 Å². The van der Waals surface area contributed by atoms with Gasteiger partial charge in [0.15, 0.2) is 23.9 Å². The minimum atomic E-state index is -0.486. The molecule has 1 aliphatic rings. The second-order valence-corrected chi connectivity index (χ2v) is 8.64. The quantitative estimate of drug-likeness (QED) is 0.452. The zero-order valence-corrected chi connectivity index (χ0v) is 19.4. The standard InChI is InChI=1S/C23H32N6O3/c1-6-7-8-11-28-12-9-10-17(13-28)22(32)29-16(5)15(4)24-19-18(29)21(31)27-23(25-19)26-20(30)14(2)3/h9-10,12-16H,6-8,11H2,1-5H3,(H2-,24,25,26,27,30,31)/p+1/t15-,16+/m1/s1. The predicted molar refractivity (Wildman–Crippen MR) is 124 cm³/mol. The summed E-state index contributed by atoms with van der Waals surface area (Å²) in [5.74, 6) is -0.442. The second-order valence-electron chi connectivity index (χ2n) is 8.64. The van der Waals surface area contributed by atoms with Crippen LogP contribution in [-0.2, 0) is 11.3 Å². The van der Waals surface area contributed by atoms with Gasteiger partial charge >= 0.3 is 0 Å². The molecule has 3 N–H and O–H groups in total. The first-order chi connectivity index (χ1) is 15.2. The van der Waals surface area contributed by atoms with Crippen LogP contribution in [0, 0.1) is 5.92 Å². The van der Waals surface area contributed by atoms with Crippen LogP contribution >= 0.6 is 0 Å². The number of unbranched alkanes of at least 4 members (excludes halogenated alkanes) is 2. The number of fused-ring (bicyclic) bond motifs is 1. The molecule has 3 rings (SSSR count). The topological polar surface area (TPSA) is 111 Å². The minimum absolute atomic E-state index is 0.0579. The van der Waals surface area contributed by atoms with E-state index in [1.165, 1.54) is 4.90 Å². The molecule has 0 saturated heterocycles. The third-order valence-corrected chi connectivity index (χ3v) is 5.74. The highest BCUT2D eigenvalue weighted by Gasteiger charge is 2.37. The molecule has 2 aromatic heterocycles. The van der Waals surface area contributed by atoms with Crippen LogP contribution in [0.4, 0.5) is 17.5 Å². The van der Waals surface area contributed by atoms with Crippen LogP contribution in [0.1, 0.15) is 64.2 Å².